The van der Waals surface area contributed by atoms with Crippen LogP contribution < -0.4 is 16.0 Å². The average Bonchev–Trinajstić information content (AvgIpc) is 2.69. The Labute approximate surface area is 169 Å². The van der Waals surface area contributed by atoms with E-state index in [-0.39, 0.29) is 19.0 Å². The molecule has 0 bridgehead atoms. The van der Waals surface area contributed by atoms with Crippen molar-refractivity contribution in [1.29, 1.82) is 0 Å². The first-order valence-electron chi connectivity index (χ1n) is 8.66. The number of hydrogen-bond donors (Lipinski definition) is 4. The molecule has 0 spiro atoms. The normalized spacial score (nSPS) is 10.0. The topological polar surface area (TPSA) is 104 Å². The van der Waals surface area contributed by atoms with E-state index in [1.807, 2.05) is 60.7 Å². The molecule has 3 aromatic rings. The van der Waals surface area contributed by atoms with E-state index in [2.05, 4.69) is 30.9 Å². The Balaban J connectivity index is 0.00000280. The largest absolute Gasteiger partial charge is 0.394 e. The number of rotatable bonds is 10. The van der Waals surface area contributed by atoms with Crippen molar-refractivity contribution in [1.82, 2.24) is 15.0 Å². The number of para-hydroxylation sites is 2. The maximum Gasteiger partial charge on any atom is 0.233 e. The van der Waals surface area contributed by atoms with Gasteiger partial charge in [0.2, 0.25) is 17.8 Å². The Morgan fingerprint density at radius 2 is 1.21 bits per heavy atom. The molecule has 28 heavy (non-hydrogen) atoms. The second-order valence-electron chi connectivity index (χ2n) is 5.55. The summed E-state index contributed by atoms with van der Waals surface area (Å²) in [5, 5.41) is 18.2. The lowest BCUT2D eigenvalue weighted by Crippen LogP contribution is -2.14. The van der Waals surface area contributed by atoms with E-state index in [0.717, 1.165) is 11.4 Å². The molecule has 1 heterocycles. The summed E-state index contributed by atoms with van der Waals surface area (Å²) in [6, 6.07) is 19.4. The summed E-state index contributed by atoms with van der Waals surface area (Å²) in [5.41, 5.74) is 1.76. The summed E-state index contributed by atoms with van der Waals surface area (Å²) < 4.78 is 5.24. The number of nitrogens with one attached hydrogen (secondary N) is 3. The predicted molar refractivity (Wildman–Crippen MR) is 113 cm³/mol. The molecule has 0 fully saturated rings. The van der Waals surface area contributed by atoms with Crippen LogP contribution >= 0.6 is 12.4 Å². The fourth-order valence-corrected chi connectivity index (χ4v) is 2.27. The maximum atomic E-state index is 8.74. The van der Waals surface area contributed by atoms with Gasteiger partial charge >= 0.3 is 0 Å². The summed E-state index contributed by atoms with van der Waals surface area (Å²) in [6.45, 7) is 1.26. The standard InChI is InChI=1S/C19H22N6O2.ClH/c26-12-14-27-13-11-20-17-23-18(21-15-7-3-1-4-8-15)25-19(24-17)22-16-9-5-2-6-10-16;/h1-10,26H,11-14H2,(H3,20,21,22,23,24,25);1H. The van der Waals surface area contributed by atoms with Crippen molar-refractivity contribution in [2.75, 3.05) is 42.3 Å². The Morgan fingerprint density at radius 3 is 1.71 bits per heavy atom. The number of aliphatic hydroxyl groups is 1. The molecule has 4 N–H and O–H groups in total. The van der Waals surface area contributed by atoms with Crippen molar-refractivity contribution >= 4 is 41.6 Å². The fraction of sp³-hybridized carbons (Fsp3) is 0.211. The minimum absolute atomic E-state index is 0. The molecule has 1 aromatic heterocycles. The van der Waals surface area contributed by atoms with Crippen LogP contribution in [0.25, 0.3) is 0 Å². The number of benzene rings is 2. The van der Waals surface area contributed by atoms with Gasteiger partial charge in [-0.15, -0.1) is 12.4 Å². The first-order valence-corrected chi connectivity index (χ1v) is 8.66. The van der Waals surface area contributed by atoms with E-state index in [1.165, 1.54) is 0 Å². The number of ether oxygens (including phenoxy) is 1. The number of aromatic nitrogens is 3. The van der Waals surface area contributed by atoms with Crippen LogP contribution in [0.5, 0.6) is 0 Å². The maximum absolute atomic E-state index is 8.74. The van der Waals surface area contributed by atoms with Gasteiger partial charge in [0.25, 0.3) is 0 Å². The van der Waals surface area contributed by atoms with Gasteiger partial charge < -0.3 is 25.8 Å². The zero-order valence-corrected chi connectivity index (χ0v) is 16.0. The number of aliphatic hydroxyl groups excluding tert-OH is 1. The lowest BCUT2D eigenvalue weighted by atomic mass is 10.3. The van der Waals surface area contributed by atoms with Crippen molar-refractivity contribution in [3.05, 3.63) is 60.7 Å². The van der Waals surface area contributed by atoms with E-state index in [4.69, 9.17) is 9.84 Å². The van der Waals surface area contributed by atoms with Crippen LogP contribution in [0.3, 0.4) is 0 Å². The average molecular weight is 403 g/mol. The minimum Gasteiger partial charge on any atom is -0.394 e. The van der Waals surface area contributed by atoms with E-state index < -0.39 is 0 Å². The molecular formula is C19H23ClN6O2. The van der Waals surface area contributed by atoms with E-state index in [0.29, 0.717) is 37.6 Å². The molecule has 0 saturated heterocycles. The third-order valence-corrected chi connectivity index (χ3v) is 3.46. The second kappa shape index (κ2) is 11.7. The van der Waals surface area contributed by atoms with E-state index in [1.54, 1.807) is 0 Å². The molecule has 0 radical (unpaired) electrons. The highest BCUT2D eigenvalue weighted by Crippen LogP contribution is 2.18. The molecular weight excluding hydrogens is 380 g/mol. The quantitative estimate of drug-likeness (QED) is 0.383. The second-order valence-corrected chi connectivity index (χ2v) is 5.55. The van der Waals surface area contributed by atoms with Crippen LogP contribution in [0.2, 0.25) is 0 Å². The van der Waals surface area contributed by atoms with Gasteiger partial charge in [-0.25, -0.2) is 0 Å². The highest BCUT2D eigenvalue weighted by Gasteiger charge is 2.07. The highest BCUT2D eigenvalue weighted by atomic mass is 35.5. The van der Waals surface area contributed by atoms with Crippen LogP contribution in [-0.2, 0) is 4.74 Å². The molecule has 0 aliphatic heterocycles. The highest BCUT2D eigenvalue weighted by molar-refractivity contribution is 5.85. The van der Waals surface area contributed by atoms with Gasteiger partial charge in [0.05, 0.1) is 19.8 Å². The van der Waals surface area contributed by atoms with Crippen molar-refractivity contribution < 1.29 is 9.84 Å². The lowest BCUT2D eigenvalue weighted by molar-refractivity contribution is 0.0991. The van der Waals surface area contributed by atoms with Crippen LogP contribution in [0.1, 0.15) is 0 Å². The van der Waals surface area contributed by atoms with Crippen molar-refractivity contribution in [2.24, 2.45) is 0 Å². The van der Waals surface area contributed by atoms with E-state index in [9.17, 15) is 0 Å². The van der Waals surface area contributed by atoms with Crippen LogP contribution in [0.4, 0.5) is 29.2 Å². The Morgan fingerprint density at radius 1 is 0.714 bits per heavy atom. The monoisotopic (exact) mass is 402 g/mol. The third-order valence-electron chi connectivity index (χ3n) is 3.46. The van der Waals surface area contributed by atoms with Crippen LogP contribution in [0, 0.1) is 0 Å². The first kappa shape index (κ1) is 21.4. The zero-order valence-electron chi connectivity index (χ0n) is 15.2. The molecule has 9 heteroatoms. The summed E-state index contributed by atoms with van der Waals surface area (Å²) in [4.78, 5) is 13.2. The van der Waals surface area contributed by atoms with Crippen LogP contribution in [-0.4, -0.2) is 46.4 Å². The van der Waals surface area contributed by atoms with E-state index >= 15 is 0 Å². The summed E-state index contributed by atoms with van der Waals surface area (Å²) in [6.07, 6.45) is 0. The third kappa shape index (κ3) is 6.99. The summed E-state index contributed by atoms with van der Waals surface area (Å²) >= 11 is 0. The minimum atomic E-state index is 0. The van der Waals surface area contributed by atoms with Gasteiger partial charge in [0, 0.05) is 17.9 Å². The van der Waals surface area contributed by atoms with Gasteiger partial charge in [-0.1, -0.05) is 36.4 Å². The summed E-state index contributed by atoms with van der Waals surface area (Å²) in [7, 11) is 0. The van der Waals surface area contributed by atoms with Crippen LogP contribution in [0.15, 0.2) is 60.7 Å². The molecule has 0 saturated carbocycles. The van der Waals surface area contributed by atoms with Gasteiger partial charge in [0.15, 0.2) is 0 Å². The molecule has 0 aliphatic carbocycles. The Kier molecular flexibility index (Phi) is 8.93. The van der Waals surface area contributed by atoms with Gasteiger partial charge in [-0.2, -0.15) is 15.0 Å². The molecule has 148 valence electrons. The molecule has 0 aliphatic rings. The molecule has 2 aromatic carbocycles. The lowest BCUT2D eigenvalue weighted by Gasteiger charge is -2.11. The van der Waals surface area contributed by atoms with Crippen molar-refractivity contribution in [3.63, 3.8) is 0 Å². The van der Waals surface area contributed by atoms with Gasteiger partial charge in [-0.05, 0) is 24.3 Å². The SMILES string of the molecule is Cl.OCCOCCNc1nc(Nc2ccccc2)nc(Nc2ccccc2)n1. The van der Waals surface area contributed by atoms with Crippen molar-refractivity contribution in [3.8, 4) is 0 Å². The Hall–Kier alpha value is -2.94. The molecule has 8 nitrogen and oxygen atoms in total. The van der Waals surface area contributed by atoms with Gasteiger partial charge in [0.1, 0.15) is 0 Å². The number of hydrogen-bond acceptors (Lipinski definition) is 8. The Bertz CT molecular complexity index is 763. The molecule has 3 rings (SSSR count). The van der Waals surface area contributed by atoms with Gasteiger partial charge in [-0.3, -0.25) is 0 Å². The smallest absolute Gasteiger partial charge is 0.233 e. The zero-order chi connectivity index (χ0) is 18.7. The summed E-state index contributed by atoms with van der Waals surface area (Å²) in [5.74, 6) is 1.27. The van der Waals surface area contributed by atoms with Crippen molar-refractivity contribution in [2.45, 2.75) is 0 Å². The first-order chi connectivity index (χ1) is 13.3. The molecule has 0 unspecified atom stereocenters. The number of nitrogens with zero attached hydrogens (tertiary/aromatic N) is 3. The fourth-order valence-electron chi connectivity index (χ4n) is 2.27. The number of halogens is 1. The number of anilines is 5. The molecule has 0 atom stereocenters. The molecule has 0 amide bonds. The predicted octanol–water partition coefficient (Wildman–Crippen LogP) is 3.20.